The van der Waals surface area contributed by atoms with Gasteiger partial charge in [0.25, 0.3) is 0 Å². The molecule has 1 aromatic carbocycles. The third kappa shape index (κ3) is 3.59. The fraction of sp³-hybridized carbons (Fsp3) is 0.476. The number of nitriles is 1. The van der Waals surface area contributed by atoms with Gasteiger partial charge in [0, 0.05) is 0 Å². The van der Waals surface area contributed by atoms with Crippen molar-refractivity contribution in [2.45, 2.75) is 39.7 Å². The quantitative estimate of drug-likeness (QED) is 0.582. The molecule has 1 fully saturated rings. The van der Waals surface area contributed by atoms with Crippen LogP contribution in [0.15, 0.2) is 30.1 Å². The van der Waals surface area contributed by atoms with Gasteiger partial charge in [0.15, 0.2) is 0 Å². The predicted molar refractivity (Wildman–Crippen MR) is 94.9 cm³/mol. The number of carbonyl (C=O) groups excluding carboxylic acids is 2. The first-order valence-corrected chi connectivity index (χ1v) is 9.07. The summed E-state index contributed by atoms with van der Waals surface area (Å²) < 4.78 is 24.3. The SMILES string of the molecule is CCOC(=O)C(F)=C[C@H]1[C@@H](C(=O)OC2CCc3cc(C#N)ccc32)C1(C)C. The van der Waals surface area contributed by atoms with Crippen LogP contribution in [0.5, 0.6) is 0 Å². The Bertz CT molecular complexity index is 852. The molecule has 0 spiro atoms. The minimum atomic E-state index is -1.01. The smallest absolute Gasteiger partial charge is 0.366 e. The molecule has 0 aliphatic heterocycles. The highest BCUT2D eigenvalue weighted by atomic mass is 19.1. The molecule has 0 saturated heterocycles. The molecule has 0 heterocycles. The Hall–Kier alpha value is -2.68. The van der Waals surface area contributed by atoms with E-state index in [2.05, 4.69) is 10.8 Å². The maximum atomic E-state index is 13.9. The summed E-state index contributed by atoms with van der Waals surface area (Å²) in [7, 11) is 0. The molecule has 5 nitrogen and oxygen atoms in total. The summed E-state index contributed by atoms with van der Waals surface area (Å²) in [5, 5.41) is 8.99. The topological polar surface area (TPSA) is 76.4 Å². The molecular weight excluding hydrogens is 349 g/mol. The Labute approximate surface area is 157 Å². The van der Waals surface area contributed by atoms with Gasteiger partial charge < -0.3 is 9.47 Å². The van der Waals surface area contributed by atoms with Crippen molar-refractivity contribution in [3.8, 4) is 6.07 Å². The number of carbonyl (C=O) groups is 2. The highest BCUT2D eigenvalue weighted by molar-refractivity contribution is 5.87. The Morgan fingerprint density at radius 1 is 1.41 bits per heavy atom. The van der Waals surface area contributed by atoms with E-state index in [1.807, 2.05) is 26.0 Å². The summed E-state index contributed by atoms with van der Waals surface area (Å²) in [4.78, 5) is 24.1. The van der Waals surface area contributed by atoms with Gasteiger partial charge in [-0.25, -0.2) is 4.79 Å². The van der Waals surface area contributed by atoms with E-state index in [9.17, 15) is 14.0 Å². The molecule has 0 radical (unpaired) electrons. The fourth-order valence-electron chi connectivity index (χ4n) is 3.85. The number of allylic oxidation sites excluding steroid dienone is 1. The van der Waals surface area contributed by atoms with E-state index in [1.54, 1.807) is 13.0 Å². The van der Waals surface area contributed by atoms with Crippen LogP contribution in [0.3, 0.4) is 0 Å². The summed E-state index contributed by atoms with van der Waals surface area (Å²) in [6.07, 6.45) is 2.24. The second-order valence-electron chi connectivity index (χ2n) is 7.55. The second kappa shape index (κ2) is 7.15. The predicted octanol–water partition coefficient (Wildman–Crippen LogP) is 3.78. The number of ether oxygens (including phenoxy) is 2. The minimum Gasteiger partial charge on any atom is -0.461 e. The molecule has 142 valence electrons. The summed E-state index contributed by atoms with van der Waals surface area (Å²) in [5.74, 6) is -3.28. The Balaban J connectivity index is 1.69. The highest BCUT2D eigenvalue weighted by Crippen LogP contribution is 2.60. The number of hydrogen-bond acceptors (Lipinski definition) is 5. The van der Waals surface area contributed by atoms with E-state index < -0.39 is 29.0 Å². The summed E-state index contributed by atoms with van der Waals surface area (Å²) in [6, 6.07) is 7.47. The van der Waals surface area contributed by atoms with Gasteiger partial charge in [-0.15, -0.1) is 0 Å². The van der Waals surface area contributed by atoms with Crippen molar-refractivity contribution >= 4 is 11.9 Å². The van der Waals surface area contributed by atoms with Crippen molar-refractivity contribution < 1.29 is 23.5 Å². The van der Waals surface area contributed by atoms with E-state index in [0.29, 0.717) is 12.0 Å². The first kappa shape index (κ1) is 19.1. The summed E-state index contributed by atoms with van der Waals surface area (Å²) in [6.45, 7) is 5.39. The maximum Gasteiger partial charge on any atom is 0.366 e. The van der Waals surface area contributed by atoms with Crippen molar-refractivity contribution in [2.75, 3.05) is 6.61 Å². The van der Waals surface area contributed by atoms with Gasteiger partial charge in [-0.3, -0.25) is 4.79 Å². The number of hydrogen-bond donors (Lipinski definition) is 0. The van der Waals surface area contributed by atoms with Crippen molar-refractivity contribution in [3.63, 3.8) is 0 Å². The third-order valence-corrected chi connectivity index (χ3v) is 5.51. The van der Waals surface area contributed by atoms with Gasteiger partial charge in [-0.1, -0.05) is 19.9 Å². The molecule has 2 aliphatic carbocycles. The van der Waals surface area contributed by atoms with Crippen molar-refractivity contribution in [2.24, 2.45) is 17.3 Å². The Morgan fingerprint density at radius 2 is 2.15 bits per heavy atom. The minimum absolute atomic E-state index is 0.0915. The first-order valence-electron chi connectivity index (χ1n) is 9.07. The largest absolute Gasteiger partial charge is 0.461 e. The molecular formula is C21H22FNO4. The monoisotopic (exact) mass is 371 g/mol. The molecule has 6 heteroatoms. The van der Waals surface area contributed by atoms with Gasteiger partial charge in [-0.2, -0.15) is 9.65 Å². The van der Waals surface area contributed by atoms with Crippen LogP contribution in [0.2, 0.25) is 0 Å². The van der Waals surface area contributed by atoms with Gasteiger partial charge in [0.05, 0.1) is 24.2 Å². The lowest BCUT2D eigenvalue weighted by Crippen LogP contribution is -2.14. The molecule has 2 aliphatic rings. The Kier molecular flexibility index (Phi) is 5.05. The molecule has 1 unspecified atom stereocenters. The molecule has 0 amide bonds. The van der Waals surface area contributed by atoms with Crippen molar-refractivity contribution in [1.82, 2.24) is 0 Å². The standard InChI is InChI=1S/C21H22FNO4/c1-4-26-19(24)16(22)10-15-18(21(15,2)3)20(25)27-17-8-6-13-9-12(11-23)5-7-14(13)17/h5,7,9-10,15,17-18H,4,6,8H2,1-3H3/t15-,17?,18-/m0/s1. The van der Waals surface area contributed by atoms with E-state index in [1.165, 1.54) is 6.08 Å². The lowest BCUT2D eigenvalue weighted by molar-refractivity contribution is -0.152. The van der Waals surface area contributed by atoms with Crippen LogP contribution in [0.4, 0.5) is 4.39 Å². The zero-order chi connectivity index (χ0) is 19.8. The molecule has 0 aromatic heterocycles. The summed E-state index contributed by atoms with van der Waals surface area (Å²) >= 11 is 0. The molecule has 0 N–H and O–H groups in total. The maximum absolute atomic E-state index is 13.9. The fourth-order valence-corrected chi connectivity index (χ4v) is 3.85. The normalized spacial score (nSPS) is 25.3. The lowest BCUT2D eigenvalue weighted by Gasteiger charge is -2.14. The highest BCUT2D eigenvalue weighted by Gasteiger charge is 2.62. The van der Waals surface area contributed by atoms with Crippen molar-refractivity contribution in [3.05, 3.63) is 46.8 Å². The number of benzene rings is 1. The van der Waals surface area contributed by atoms with Crippen LogP contribution < -0.4 is 0 Å². The number of nitrogens with zero attached hydrogens (tertiary/aromatic N) is 1. The van der Waals surface area contributed by atoms with Crippen molar-refractivity contribution in [1.29, 1.82) is 5.26 Å². The van der Waals surface area contributed by atoms with Gasteiger partial charge in [-0.05, 0) is 60.4 Å². The second-order valence-corrected chi connectivity index (χ2v) is 7.55. The van der Waals surface area contributed by atoms with Gasteiger partial charge >= 0.3 is 11.9 Å². The average Bonchev–Trinajstić information content (AvgIpc) is 2.97. The number of rotatable bonds is 5. The molecule has 3 rings (SSSR count). The van der Waals surface area contributed by atoms with Crippen LogP contribution in [0, 0.1) is 28.6 Å². The first-order chi connectivity index (χ1) is 12.8. The molecule has 3 atom stereocenters. The van der Waals surface area contributed by atoms with E-state index >= 15 is 0 Å². The lowest BCUT2D eigenvalue weighted by atomic mass is 10.1. The summed E-state index contributed by atoms with van der Waals surface area (Å²) in [5.41, 5.74) is 2.05. The Morgan fingerprint density at radius 3 is 2.81 bits per heavy atom. The van der Waals surface area contributed by atoms with E-state index in [0.717, 1.165) is 17.5 Å². The van der Waals surface area contributed by atoms with Gasteiger partial charge in [0.1, 0.15) is 6.10 Å². The van der Waals surface area contributed by atoms with Crippen LogP contribution in [-0.4, -0.2) is 18.5 Å². The number of halogens is 1. The zero-order valence-electron chi connectivity index (χ0n) is 15.6. The molecule has 27 heavy (non-hydrogen) atoms. The van der Waals surface area contributed by atoms with E-state index in [-0.39, 0.29) is 18.7 Å². The van der Waals surface area contributed by atoms with Crippen LogP contribution in [-0.2, 0) is 25.5 Å². The number of fused-ring (bicyclic) bond motifs is 1. The van der Waals surface area contributed by atoms with E-state index in [4.69, 9.17) is 10.00 Å². The number of aryl methyl sites for hydroxylation is 1. The molecule has 1 aromatic rings. The third-order valence-electron chi connectivity index (χ3n) is 5.51. The average molecular weight is 371 g/mol. The van der Waals surface area contributed by atoms with Crippen LogP contribution in [0.25, 0.3) is 0 Å². The zero-order valence-corrected chi connectivity index (χ0v) is 15.6. The van der Waals surface area contributed by atoms with Crippen LogP contribution in [0.1, 0.15) is 50.0 Å². The molecule has 0 bridgehead atoms. The number of esters is 2. The molecule has 1 saturated carbocycles. The van der Waals surface area contributed by atoms with Gasteiger partial charge in [0.2, 0.25) is 5.83 Å². The van der Waals surface area contributed by atoms with Crippen LogP contribution >= 0.6 is 0 Å².